The minimum Gasteiger partial charge on any atom is -0.349 e. The van der Waals surface area contributed by atoms with E-state index >= 15 is 0 Å². The lowest BCUT2D eigenvalue weighted by molar-refractivity contribution is 0.0953. The molecule has 1 atom stereocenters. The molecular formula is C16H17ClN2OS. The predicted molar refractivity (Wildman–Crippen MR) is 87.3 cm³/mol. The number of aryl methyl sites for hydroxylation is 1. The summed E-state index contributed by atoms with van der Waals surface area (Å²) in [6.07, 6.45) is 1.04. The summed E-state index contributed by atoms with van der Waals surface area (Å²) >= 11 is 7.53. The van der Waals surface area contributed by atoms with Crippen LogP contribution in [0.4, 0.5) is 0 Å². The van der Waals surface area contributed by atoms with Gasteiger partial charge in [-0.15, -0.1) is 11.3 Å². The Morgan fingerprint density at radius 2 is 2.29 bits per heavy atom. The Morgan fingerprint density at radius 1 is 1.48 bits per heavy atom. The minimum atomic E-state index is -0.0945. The Hall–Kier alpha value is -1.36. The van der Waals surface area contributed by atoms with Crippen molar-refractivity contribution < 1.29 is 4.79 Å². The number of fused-ring (bicyclic) bond motifs is 1. The molecule has 0 saturated carbocycles. The first-order valence-corrected chi connectivity index (χ1v) is 8.25. The van der Waals surface area contributed by atoms with Crippen LogP contribution in [0.3, 0.4) is 0 Å². The van der Waals surface area contributed by atoms with E-state index in [1.807, 2.05) is 18.4 Å². The molecule has 0 spiro atoms. The number of carbonyl (C=O) groups excluding carboxylic acids is 1. The number of nitrogens with one attached hydrogen (secondary N) is 2. The monoisotopic (exact) mass is 320 g/mol. The Balaban J connectivity index is 1.69. The van der Waals surface area contributed by atoms with Crippen molar-refractivity contribution >= 4 is 28.8 Å². The lowest BCUT2D eigenvalue weighted by Crippen LogP contribution is -2.38. The Kier molecular flexibility index (Phi) is 4.29. The summed E-state index contributed by atoms with van der Waals surface area (Å²) < 4.78 is 0. The van der Waals surface area contributed by atoms with E-state index in [1.54, 1.807) is 0 Å². The van der Waals surface area contributed by atoms with Gasteiger partial charge in [0, 0.05) is 12.6 Å². The molecule has 110 valence electrons. The molecule has 0 bridgehead atoms. The smallest absolute Gasteiger partial charge is 0.262 e. The third-order valence-corrected chi connectivity index (χ3v) is 5.48. The molecular weight excluding hydrogens is 304 g/mol. The molecule has 1 amide bonds. The van der Waals surface area contributed by atoms with Gasteiger partial charge in [0.25, 0.3) is 5.91 Å². The molecule has 1 aromatic carbocycles. The third kappa shape index (κ3) is 2.98. The van der Waals surface area contributed by atoms with Gasteiger partial charge in [-0.2, -0.15) is 0 Å². The van der Waals surface area contributed by atoms with Crippen LogP contribution >= 0.6 is 22.9 Å². The molecule has 0 aliphatic carbocycles. The highest BCUT2D eigenvalue weighted by molar-refractivity contribution is 7.13. The van der Waals surface area contributed by atoms with Gasteiger partial charge in [-0.1, -0.05) is 35.9 Å². The summed E-state index contributed by atoms with van der Waals surface area (Å²) in [5, 5.41) is 8.92. The number of carbonyl (C=O) groups is 1. The quantitative estimate of drug-likeness (QED) is 0.911. The fraction of sp³-hybridized carbons (Fsp3) is 0.312. The molecule has 1 aromatic heterocycles. The van der Waals surface area contributed by atoms with Crippen LogP contribution in [0, 0.1) is 6.92 Å². The largest absolute Gasteiger partial charge is 0.349 e. The lowest BCUT2D eigenvalue weighted by atomic mass is 9.94. The summed E-state index contributed by atoms with van der Waals surface area (Å²) in [6.45, 7) is 3.42. The molecule has 0 saturated heterocycles. The highest BCUT2D eigenvalue weighted by Crippen LogP contribution is 2.27. The summed E-state index contributed by atoms with van der Waals surface area (Å²) in [6, 6.07) is 8.55. The fourth-order valence-corrected chi connectivity index (χ4v) is 3.83. The summed E-state index contributed by atoms with van der Waals surface area (Å²) in [5.74, 6) is -0.0945. The molecule has 3 nitrogen and oxygen atoms in total. The Labute approximate surface area is 133 Å². The topological polar surface area (TPSA) is 41.1 Å². The van der Waals surface area contributed by atoms with Gasteiger partial charge < -0.3 is 10.6 Å². The van der Waals surface area contributed by atoms with Gasteiger partial charge in [0.2, 0.25) is 0 Å². The van der Waals surface area contributed by atoms with Crippen molar-refractivity contribution in [2.24, 2.45) is 0 Å². The maximum Gasteiger partial charge on any atom is 0.262 e. The number of benzene rings is 1. The van der Waals surface area contributed by atoms with Gasteiger partial charge in [-0.05, 0) is 42.0 Å². The molecule has 2 aromatic rings. The molecule has 2 N–H and O–H groups in total. The van der Waals surface area contributed by atoms with Crippen molar-refractivity contribution in [1.29, 1.82) is 0 Å². The van der Waals surface area contributed by atoms with Crippen molar-refractivity contribution in [3.63, 3.8) is 0 Å². The molecule has 0 fully saturated rings. The molecule has 1 aliphatic rings. The Morgan fingerprint density at radius 3 is 3.05 bits per heavy atom. The molecule has 0 radical (unpaired) electrons. The second kappa shape index (κ2) is 6.18. The number of thiophene rings is 1. The van der Waals surface area contributed by atoms with E-state index in [4.69, 9.17) is 11.6 Å². The summed E-state index contributed by atoms with van der Waals surface area (Å²) in [7, 11) is 0. The summed E-state index contributed by atoms with van der Waals surface area (Å²) in [4.78, 5) is 12.8. The highest BCUT2D eigenvalue weighted by atomic mass is 35.5. The van der Waals surface area contributed by atoms with Crippen molar-refractivity contribution in [1.82, 2.24) is 10.6 Å². The molecule has 1 unspecified atom stereocenters. The molecule has 2 heterocycles. The maximum atomic E-state index is 12.2. The van der Waals surface area contributed by atoms with E-state index < -0.39 is 0 Å². The van der Waals surface area contributed by atoms with Gasteiger partial charge in [0.15, 0.2) is 0 Å². The normalized spacial score (nSPS) is 17.3. The van der Waals surface area contributed by atoms with Crippen LogP contribution in [0.2, 0.25) is 5.02 Å². The van der Waals surface area contributed by atoms with Crippen LogP contribution in [0.15, 0.2) is 29.6 Å². The van der Waals surface area contributed by atoms with Crippen molar-refractivity contribution in [2.45, 2.75) is 19.4 Å². The zero-order chi connectivity index (χ0) is 14.8. The van der Waals surface area contributed by atoms with Crippen molar-refractivity contribution in [3.05, 3.63) is 56.2 Å². The lowest BCUT2D eigenvalue weighted by Gasteiger charge is -2.27. The van der Waals surface area contributed by atoms with Gasteiger partial charge >= 0.3 is 0 Å². The Bertz CT molecular complexity index is 668. The predicted octanol–water partition coefficient (Wildman–Crippen LogP) is 3.33. The number of amides is 1. The maximum absolute atomic E-state index is 12.2. The van der Waals surface area contributed by atoms with Crippen molar-refractivity contribution in [2.75, 3.05) is 13.1 Å². The van der Waals surface area contributed by atoms with Crippen LogP contribution in [0.1, 0.15) is 32.4 Å². The van der Waals surface area contributed by atoms with E-state index in [-0.39, 0.29) is 11.9 Å². The van der Waals surface area contributed by atoms with Gasteiger partial charge in [0.05, 0.1) is 5.02 Å². The van der Waals surface area contributed by atoms with E-state index in [0.717, 1.165) is 18.5 Å². The van der Waals surface area contributed by atoms with Crippen LogP contribution in [-0.2, 0) is 6.42 Å². The van der Waals surface area contributed by atoms with Gasteiger partial charge in [-0.3, -0.25) is 4.79 Å². The second-order valence-electron chi connectivity index (χ2n) is 5.23. The van der Waals surface area contributed by atoms with Crippen LogP contribution in [0.5, 0.6) is 0 Å². The zero-order valence-corrected chi connectivity index (χ0v) is 13.4. The fourth-order valence-electron chi connectivity index (χ4n) is 2.63. The first-order valence-electron chi connectivity index (χ1n) is 7.00. The van der Waals surface area contributed by atoms with Crippen LogP contribution < -0.4 is 10.6 Å². The third-order valence-electron chi connectivity index (χ3n) is 3.79. The first kappa shape index (κ1) is 14.6. The first-order chi connectivity index (χ1) is 10.2. The number of hydrogen-bond acceptors (Lipinski definition) is 3. The van der Waals surface area contributed by atoms with Gasteiger partial charge in [-0.25, -0.2) is 0 Å². The minimum absolute atomic E-state index is 0.0945. The van der Waals surface area contributed by atoms with Crippen LogP contribution in [-0.4, -0.2) is 19.0 Å². The molecule has 5 heteroatoms. The standard InChI is InChI=1S/C16H17ClN2OS/c1-10-9-21-15(14(10)17)16(20)19-8-13-12-5-3-2-4-11(12)6-7-18-13/h2-5,9,13,18H,6-8H2,1H3,(H,19,20). The summed E-state index contributed by atoms with van der Waals surface area (Å²) in [5.41, 5.74) is 3.59. The van der Waals surface area contributed by atoms with E-state index in [0.29, 0.717) is 16.4 Å². The number of halogens is 1. The highest BCUT2D eigenvalue weighted by Gasteiger charge is 2.21. The molecule has 3 rings (SSSR count). The number of hydrogen-bond donors (Lipinski definition) is 2. The van der Waals surface area contributed by atoms with E-state index in [9.17, 15) is 4.79 Å². The van der Waals surface area contributed by atoms with Crippen molar-refractivity contribution in [3.8, 4) is 0 Å². The average molecular weight is 321 g/mol. The average Bonchev–Trinajstić information content (AvgIpc) is 2.84. The second-order valence-corrected chi connectivity index (χ2v) is 6.48. The zero-order valence-electron chi connectivity index (χ0n) is 11.8. The van der Waals surface area contributed by atoms with Crippen LogP contribution in [0.25, 0.3) is 0 Å². The van der Waals surface area contributed by atoms with E-state index in [2.05, 4.69) is 28.8 Å². The molecule has 1 aliphatic heterocycles. The SMILES string of the molecule is Cc1csc(C(=O)NCC2NCCc3ccccc32)c1Cl. The van der Waals surface area contributed by atoms with Gasteiger partial charge in [0.1, 0.15) is 4.88 Å². The van der Waals surface area contributed by atoms with E-state index in [1.165, 1.54) is 22.5 Å². The molecule has 21 heavy (non-hydrogen) atoms. The number of rotatable bonds is 3.